The van der Waals surface area contributed by atoms with Crippen LogP contribution in [0.5, 0.6) is 0 Å². The predicted molar refractivity (Wildman–Crippen MR) is 94.3 cm³/mol. The van der Waals surface area contributed by atoms with Crippen molar-refractivity contribution in [2.24, 2.45) is 0 Å². The summed E-state index contributed by atoms with van der Waals surface area (Å²) in [7, 11) is 7.67. The first-order valence-electron chi connectivity index (χ1n) is 7.75. The van der Waals surface area contributed by atoms with Gasteiger partial charge in [-0.3, -0.25) is 9.80 Å². The van der Waals surface area contributed by atoms with Crippen molar-refractivity contribution in [3.8, 4) is 0 Å². The Hall–Kier alpha value is 1.12. The van der Waals surface area contributed by atoms with Gasteiger partial charge in [0.1, 0.15) is 0 Å². The zero-order chi connectivity index (χ0) is 16.4. The second-order valence-corrected chi connectivity index (χ2v) is 8.39. The Morgan fingerprint density at radius 3 is 1.55 bits per heavy atom. The van der Waals surface area contributed by atoms with Crippen LogP contribution in [0.2, 0.25) is 6.55 Å². The summed E-state index contributed by atoms with van der Waals surface area (Å²) >= 11 is 0. The summed E-state index contributed by atoms with van der Waals surface area (Å²) < 4.78 is 5.28. The first-order valence-corrected chi connectivity index (χ1v) is 10.2. The second kappa shape index (κ2) is 14.5. The molecule has 0 aliphatic carbocycles. The largest absolute Gasteiger partial charge is 0.450 e. The van der Waals surface area contributed by atoms with Crippen LogP contribution >= 0.6 is 0 Å². The van der Waals surface area contributed by atoms with Gasteiger partial charge in [0.05, 0.1) is 6.67 Å². The predicted octanol–water partition coefficient (Wildman–Crippen LogP) is 0.940. The van der Waals surface area contributed by atoms with E-state index in [1.54, 1.807) is 0 Å². The molecule has 0 spiro atoms. The van der Waals surface area contributed by atoms with Gasteiger partial charge in [0.2, 0.25) is 0 Å². The van der Waals surface area contributed by atoms with E-state index in [1.165, 1.54) is 0 Å². The Morgan fingerprint density at radius 2 is 1.27 bits per heavy atom. The molecule has 1 aliphatic heterocycles. The van der Waals surface area contributed by atoms with Crippen LogP contribution in [0.4, 0.5) is 0 Å². The van der Waals surface area contributed by atoms with E-state index in [1.807, 2.05) is 13.8 Å². The Labute approximate surface area is 165 Å². The number of nitrogens with zero attached hydrogens (tertiary/aromatic N) is 4. The molecule has 1 atom stereocenters. The summed E-state index contributed by atoms with van der Waals surface area (Å²) in [4.78, 5) is 9.31. The van der Waals surface area contributed by atoms with Crippen LogP contribution in [0.25, 0.3) is 0 Å². The van der Waals surface area contributed by atoms with Gasteiger partial charge in [-0.2, -0.15) is 0 Å². The van der Waals surface area contributed by atoms with Crippen LogP contribution in [0.15, 0.2) is 0 Å². The molecule has 1 fully saturated rings. The topological polar surface area (TPSA) is 22.2 Å². The van der Waals surface area contributed by atoms with Gasteiger partial charge in [0, 0.05) is 61.2 Å². The maximum absolute atomic E-state index is 5.28. The smallest absolute Gasteiger partial charge is 0.0523 e. The number of hydrogen-bond acceptors (Lipinski definition) is 5. The molecule has 0 N–H and O–H groups in total. The van der Waals surface area contributed by atoms with E-state index < -0.39 is 9.04 Å². The Kier molecular flexibility index (Phi) is 16.7. The van der Waals surface area contributed by atoms with Gasteiger partial charge in [-0.25, -0.2) is 0 Å². The van der Waals surface area contributed by atoms with Gasteiger partial charge < -0.3 is 27.2 Å². The molecule has 0 amide bonds. The Morgan fingerprint density at radius 1 is 0.909 bits per heavy atom. The van der Waals surface area contributed by atoms with Crippen LogP contribution in [0.1, 0.15) is 13.8 Å². The first-order chi connectivity index (χ1) is 9.70. The standard InChI is InChI=1S/C10H23N4.C5H13OSi.Y/c1-11-6-5-7-12(2)9-14(4)10-13(3)8-11;1-5(2)6-7(3)4;/h5H,6-10H2,1-4H3;5,7H,3H2,1-2,4H3;/q2*-1;. The third-order valence-corrected chi connectivity index (χ3v) is 3.84. The van der Waals surface area contributed by atoms with Crippen molar-refractivity contribution in [2.75, 3.05) is 61.3 Å². The number of rotatable bonds is 2. The van der Waals surface area contributed by atoms with Gasteiger partial charge in [0.15, 0.2) is 0 Å². The average molecular weight is 405 g/mol. The van der Waals surface area contributed by atoms with Gasteiger partial charge in [-0.05, 0) is 42.0 Å². The quantitative estimate of drug-likeness (QED) is 0.503. The van der Waals surface area contributed by atoms with E-state index in [0.29, 0.717) is 6.10 Å². The van der Waals surface area contributed by atoms with Gasteiger partial charge >= 0.3 is 0 Å². The van der Waals surface area contributed by atoms with Gasteiger partial charge in [-0.15, -0.1) is 13.1 Å². The molecule has 0 aromatic carbocycles. The molecule has 5 nitrogen and oxygen atoms in total. The zero-order valence-corrected chi connectivity index (χ0v) is 19.7. The van der Waals surface area contributed by atoms with Crippen LogP contribution in [0, 0.1) is 13.0 Å². The maximum Gasteiger partial charge on any atom is 0.0523 e. The fraction of sp³-hybridized carbons (Fsp3) is 0.867. The molecule has 0 saturated carbocycles. The molecule has 1 rings (SSSR count). The van der Waals surface area contributed by atoms with E-state index in [9.17, 15) is 0 Å². The van der Waals surface area contributed by atoms with Crippen molar-refractivity contribution in [3.05, 3.63) is 13.0 Å². The normalized spacial score (nSPS) is 21.7. The van der Waals surface area contributed by atoms with E-state index in [4.69, 9.17) is 4.43 Å². The molecule has 0 aromatic heterocycles. The zero-order valence-electron chi connectivity index (χ0n) is 15.7. The summed E-state index contributed by atoms with van der Waals surface area (Å²) in [5.41, 5.74) is 0. The summed E-state index contributed by atoms with van der Waals surface area (Å²) in [6.07, 6.45) is 2.70. The molecule has 0 bridgehead atoms. The van der Waals surface area contributed by atoms with Crippen molar-refractivity contribution in [1.29, 1.82) is 0 Å². The molecular formula is C15H36N4OSiY-2. The van der Waals surface area contributed by atoms with Crippen molar-refractivity contribution >= 4 is 9.04 Å². The monoisotopic (exact) mass is 405 g/mol. The van der Waals surface area contributed by atoms with E-state index >= 15 is 0 Å². The van der Waals surface area contributed by atoms with Crippen molar-refractivity contribution in [3.63, 3.8) is 0 Å². The third kappa shape index (κ3) is 16.0. The first kappa shape index (κ1) is 25.4. The van der Waals surface area contributed by atoms with Crippen LogP contribution in [-0.2, 0) is 37.1 Å². The minimum absolute atomic E-state index is 0. The van der Waals surface area contributed by atoms with E-state index in [2.05, 4.69) is 67.3 Å². The van der Waals surface area contributed by atoms with Crippen molar-refractivity contribution < 1.29 is 37.1 Å². The summed E-state index contributed by atoms with van der Waals surface area (Å²) in [6.45, 7) is 15.2. The molecule has 1 unspecified atom stereocenters. The van der Waals surface area contributed by atoms with E-state index in [0.717, 1.165) is 33.1 Å². The Balaban J connectivity index is 0. The molecular weight excluding hydrogens is 369 g/mol. The van der Waals surface area contributed by atoms with Crippen LogP contribution < -0.4 is 0 Å². The molecule has 22 heavy (non-hydrogen) atoms. The van der Waals surface area contributed by atoms with E-state index in [-0.39, 0.29) is 32.7 Å². The van der Waals surface area contributed by atoms with Crippen LogP contribution in [0.3, 0.4) is 0 Å². The molecule has 131 valence electrons. The maximum atomic E-state index is 5.28. The molecule has 1 saturated heterocycles. The molecule has 7 heteroatoms. The summed E-state index contributed by atoms with van der Waals surface area (Å²) in [5, 5.41) is 0. The van der Waals surface area contributed by atoms with Gasteiger partial charge in [0.25, 0.3) is 0 Å². The fourth-order valence-electron chi connectivity index (χ4n) is 2.40. The second-order valence-electron chi connectivity index (χ2n) is 6.50. The SMILES string of the molecule is CN1C[CH-]CN(C)CN(C)CN(C)C1.[CH2-][SiH](C)OC(C)C.[Y]. The van der Waals surface area contributed by atoms with Crippen molar-refractivity contribution in [1.82, 2.24) is 19.6 Å². The average Bonchev–Trinajstić information content (AvgIpc) is 2.25. The number of hydrogen-bond donors (Lipinski definition) is 0. The minimum Gasteiger partial charge on any atom is -0.450 e. The Bertz CT molecular complexity index is 238. The summed E-state index contributed by atoms with van der Waals surface area (Å²) in [5.74, 6) is 0. The van der Waals surface area contributed by atoms with Crippen molar-refractivity contribution in [2.45, 2.75) is 26.5 Å². The molecule has 1 heterocycles. The third-order valence-electron chi connectivity index (χ3n) is 2.83. The molecule has 1 aliphatic rings. The molecule has 1 radical (unpaired) electrons. The molecule has 0 aromatic rings. The fourth-order valence-corrected chi connectivity index (χ4v) is 3.33. The minimum atomic E-state index is -0.978. The summed E-state index contributed by atoms with van der Waals surface area (Å²) in [6, 6.07) is 0. The van der Waals surface area contributed by atoms with Crippen LogP contribution in [-0.4, -0.2) is 96.0 Å². The van der Waals surface area contributed by atoms with Gasteiger partial charge in [-0.1, -0.05) is 6.55 Å².